The molecule has 1 amide bonds. The van der Waals surface area contributed by atoms with E-state index in [1.54, 1.807) is 30.5 Å². The molecule has 0 fully saturated rings. The van der Waals surface area contributed by atoms with E-state index in [0.717, 1.165) is 10.0 Å². The van der Waals surface area contributed by atoms with Gasteiger partial charge in [-0.1, -0.05) is 45.7 Å². The minimum absolute atomic E-state index is 0.112. The van der Waals surface area contributed by atoms with E-state index in [1.807, 2.05) is 24.3 Å². The summed E-state index contributed by atoms with van der Waals surface area (Å²) >= 11 is 9.32. The SMILES string of the molecule is O=C(CCc1ncc(-c2cccc(Br)c2)o1)Nc1cccc(Cl)c1. The second-order valence-electron chi connectivity index (χ2n) is 5.19. The lowest BCUT2D eigenvalue weighted by molar-refractivity contribution is -0.116. The number of amides is 1. The molecule has 0 unspecified atom stereocenters. The Morgan fingerprint density at radius 1 is 1.21 bits per heavy atom. The number of carbonyl (C=O) groups is 1. The molecule has 3 aromatic rings. The topological polar surface area (TPSA) is 55.1 Å². The maximum absolute atomic E-state index is 12.0. The fourth-order valence-electron chi connectivity index (χ4n) is 2.21. The van der Waals surface area contributed by atoms with Crippen LogP contribution in [0.4, 0.5) is 5.69 Å². The number of carbonyl (C=O) groups excluding carboxylic acids is 1. The van der Waals surface area contributed by atoms with Gasteiger partial charge in [0.25, 0.3) is 0 Å². The first-order valence-corrected chi connectivity index (χ1v) is 8.53. The lowest BCUT2D eigenvalue weighted by Crippen LogP contribution is -2.12. The van der Waals surface area contributed by atoms with E-state index < -0.39 is 0 Å². The molecule has 1 N–H and O–H groups in total. The smallest absolute Gasteiger partial charge is 0.224 e. The molecule has 1 aromatic heterocycles. The Labute approximate surface area is 153 Å². The largest absolute Gasteiger partial charge is 0.441 e. The summed E-state index contributed by atoms with van der Waals surface area (Å²) in [4.78, 5) is 16.2. The van der Waals surface area contributed by atoms with Gasteiger partial charge in [0.15, 0.2) is 11.7 Å². The highest BCUT2D eigenvalue weighted by molar-refractivity contribution is 9.10. The van der Waals surface area contributed by atoms with E-state index in [0.29, 0.717) is 28.8 Å². The highest BCUT2D eigenvalue weighted by atomic mass is 79.9. The highest BCUT2D eigenvalue weighted by Gasteiger charge is 2.09. The molecular formula is C18H14BrClN2O2. The van der Waals surface area contributed by atoms with Gasteiger partial charge in [-0.15, -0.1) is 0 Å². The number of rotatable bonds is 5. The van der Waals surface area contributed by atoms with Crippen LogP contribution in [0.3, 0.4) is 0 Å². The summed E-state index contributed by atoms with van der Waals surface area (Å²) in [6.45, 7) is 0. The van der Waals surface area contributed by atoms with Crippen molar-refractivity contribution in [3.05, 3.63) is 70.1 Å². The molecule has 6 heteroatoms. The first-order chi connectivity index (χ1) is 11.6. The number of hydrogen-bond acceptors (Lipinski definition) is 3. The molecule has 0 atom stereocenters. The van der Waals surface area contributed by atoms with Crippen LogP contribution in [0.5, 0.6) is 0 Å². The van der Waals surface area contributed by atoms with Crippen molar-refractivity contribution in [3.63, 3.8) is 0 Å². The van der Waals surface area contributed by atoms with Crippen LogP contribution in [-0.2, 0) is 11.2 Å². The van der Waals surface area contributed by atoms with E-state index >= 15 is 0 Å². The molecule has 0 bridgehead atoms. The van der Waals surface area contributed by atoms with Crippen LogP contribution in [0.1, 0.15) is 12.3 Å². The minimum Gasteiger partial charge on any atom is -0.441 e. The predicted molar refractivity (Wildman–Crippen MR) is 98.0 cm³/mol. The van der Waals surface area contributed by atoms with Gasteiger partial charge in [0.05, 0.1) is 6.20 Å². The highest BCUT2D eigenvalue weighted by Crippen LogP contribution is 2.24. The number of aromatic nitrogens is 1. The summed E-state index contributed by atoms with van der Waals surface area (Å²) in [6, 6.07) is 14.8. The lowest BCUT2D eigenvalue weighted by atomic mass is 10.2. The molecule has 3 rings (SSSR count). The summed E-state index contributed by atoms with van der Waals surface area (Å²) in [5.41, 5.74) is 1.61. The summed E-state index contributed by atoms with van der Waals surface area (Å²) in [5, 5.41) is 3.38. The maximum Gasteiger partial charge on any atom is 0.224 e. The van der Waals surface area contributed by atoms with Crippen molar-refractivity contribution in [2.45, 2.75) is 12.8 Å². The van der Waals surface area contributed by atoms with Gasteiger partial charge in [-0.2, -0.15) is 0 Å². The number of anilines is 1. The number of nitrogens with zero attached hydrogens (tertiary/aromatic N) is 1. The average Bonchev–Trinajstić information content (AvgIpc) is 3.02. The first kappa shape index (κ1) is 16.7. The third-order valence-electron chi connectivity index (χ3n) is 3.34. The Bertz CT molecular complexity index is 863. The normalized spacial score (nSPS) is 10.6. The molecule has 0 saturated heterocycles. The standard InChI is InChI=1S/C18H14BrClN2O2/c19-13-4-1-3-12(9-13)16-11-21-18(24-16)8-7-17(23)22-15-6-2-5-14(20)10-15/h1-6,9-11H,7-8H2,(H,22,23). The molecule has 0 radical (unpaired) electrons. The third kappa shape index (κ3) is 4.46. The first-order valence-electron chi connectivity index (χ1n) is 7.36. The quantitative estimate of drug-likeness (QED) is 0.624. The zero-order valence-electron chi connectivity index (χ0n) is 12.6. The van der Waals surface area contributed by atoms with Crippen molar-refractivity contribution in [2.24, 2.45) is 0 Å². The van der Waals surface area contributed by atoms with E-state index in [4.69, 9.17) is 16.0 Å². The molecule has 0 aliphatic carbocycles. The van der Waals surface area contributed by atoms with Crippen LogP contribution in [0.2, 0.25) is 5.02 Å². The molecular weight excluding hydrogens is 392 g/mol. The van der Waals surface area contributed by atoms with Gasteiger partial charge in [-0.05, 0) is 30.3 Å². The molecule has 0 spiro atoms. The van der Waals surface area contributed by atoms with Crippen LogP contribution < -0.4 is 5.32 Å². The zero-order valence-corrected chi connectivity index (χ0v) is 15.0. The Morgan fingerprint density at radius 3 is 2.83 bits per heavy atom. The summed E-state index contributed by atoms with van der Waals surface area (Å²) in [6.07, 6.45) is 2.39. The van der Waals surface area contributed by atoms with Crippen molar-refractivity contribution in [2.75, 3.05) is 5.32 Å². The lowest BCUT2D eigenvalue weighted by Gasteiger charge is -2.04. The second kappa shape index (κ2) is 7.64. The van der Waals surface area contributed by atoms with Gasteiger partial charge in [0.2, 0.25) is 5.91 Å². The van der Waals surface area contributed by atoms with Gasteiger partial charge in [-0.25, -0.2) is 4.98 Å². The Hall–Kier alpha value is -2.11. The molecule has 24 heavy (non-hydrogen) atoms. The number of benzene rings is 2. The molecule has 122 valence electrons. The van der Waals surface area contributed by atoms with Gasteiger partial charge in [-0.3, -0.25) is 4.79 Å². The molecule has 0 saturated carbocycles. The Morgan fingerprint density at radius 2 is 2.04 bits per heavy atom. The number of oxazole rings is 1. The van der Waals surface area contributed by atoms with Crippen molar-refractivity contribution < 1.29 is 9.21 Å². The van der Waals surface area contributed by atoms with Crippen molar-refractivity contribution >= 4 is 39.1 Å². The van der Waals surface area contributed by atoms with Gasteiger partial charge < -0.3 is 9.73 Å². The van der Waals surface area contributed by atoms with Gasteiger partial charge in [0, 0.05) is 33.6 Å². The summed E-state index contributed by atoms with van der Waals surface area (Å²) in [5.74, 6) is 1.10. The molecule has 0 aliphatic heterocycles. The maximum atomic E-state index is 12.0. The summed E-state index contributed by atoms with van der Waals surface area (Å²) < 4.78 is 6.68. The number of hydrogen-bond donors (Lipinski definition) is 1. The van der Waals surface area contributed by atoms with E-state index in [2.05, 4.69) is 26.2 Å². The fourth-order valence-corrected chi connectivity index (χ4v) is 2.80. The Kier molecular flexibility index (Phi) is 5.33. The van der Waals surface area contributed by atoms with Crippen LogP contribution in [-0.4, -0.2) is 10.9 Å². The van der Waals surface area contributed by atoms with Gasteiger partial charge >= 0.3 is 0 Å². The molecule has 4 nitrogen and oxygen atoms in total. The van der Waals surface area contributed by atoms with E-state index in [1.165, 1.54) is 0 Å². The average molecular weight is 406 g/mol. The molecule has 2 aromatic carbocycles. The minimum atomic E-state index is -0.112. The van der Waals surface area contributed by atoms with Crippen LogP contribution in [0, 0.1) is 0 Å². The second-order valence-corrected chi connectivity index (χ2v) is 6.54. The third-order valence-corrected chi connectivity index (χ3v) is 4.07. The van der Waals surface area contributed by atoms with Crippen molar-refractivity contribution in [1.82, 2.24) is 4.98 Å². The zero-order chi connectivity index (χ0) is 16.9. The van der Waals surface area contributed by atoms with E-state index in [9.17, 15) is 4.79 Å². The number of halogens is 2. The van der Waals surface area contributed by atoms with Crippen molar-refractivity contribution in [1.29, 1.82) is 0 Å². The fraction of sp³-hybridized carbons (Fsp3) is 0.111. The number of nitrogens with one attached hydrogen (secondary N) is 1. The van der Waals surface area contributed by atoms with Gasteiger partial charge in [0.1, 0.15) is 0 Å². The number of aryl methyl sites for hydroxylation is 1. The summed E-state index contributed by atoms with van der Waals surface area (Å²) in [7, 11) is 0. The van der Waals surface area contributed by atoms with Crippen LogP contribution in [0.25, 0.3) is 11.3 Å². The monoisotopic (exact) mass is 404 g/mol. The van der Waals surface area contributed by atoms with Crippen molar-refractivity contribution in [3.8, 4) is 11.3 Å². The predicted octanol–water partition coefficient (Wildman–Crippen LogP) is 5.33. The van der Waals surface area contributed by atoms with E-state index in [-0.39, 0.29) is 12.3 Å². The van der Waals surface area contributed by atoms with Crippen LogP contribution >= 0.6 is 27.5 Å². The Balaban J connectivity index is 1.58. The molecule has 0 aliphatic rings. The molecule has 1 heterocycles. The van der Waals surface area contributed by atoms with Crippen LogP contribution in [0.15, 0.2) is 63.6 Å².